The summed E-state index contributed by atoms with van der Waals surface area (Å²) in [4.78, 5) is 56.9. The fourth-order valence-corrected chi connectivity index (χ4v) is 5.15. The Morgan fingerprint density at radius 2 is 1.87 bits per heavy atom. The summed E-state index contributed by atoms with van der Waals surface area (Å²) >= 11 is 1.08. The Morgan fingerprint density at radius 1 is 1.18 bits per heavy atom. The lowest BCUT2D eigenvalue weighted by Crippen LogP contribution is -2.57. The van der Waals surface area contributed by atoms with Crippen molar-refractivity contribution in [2.24, 2.45) is 11.3 Å². The summed E-state index contributed by atoms with van der Waals surface area (Å²) < 4.78 is 13.3. The number of nitrogens with zero attached hydrogens (tertiary/aromatic N) is 2. The fourth-order valence-electron chi connectivity index (χ4n) is 4.29. The van der Waals surface area contributed by atoms with E-state index in [4.69, 9.17) is 0 Å². The van der Waals surface area contributed by atoms with E-state index >= 15 is 0 Å². The second kappa shape index (κ2) is 12.5. The molecular formula is C27H36FN5O4S. The molecule has 4 amide bonds. The third-order valence-corrected chi connectivity index (χ3v) is 7.53. The molecule has 206 valence electrons. The van der Waals surface area contributed by atoms with Crippen molar-refractivity contribution in [2.45, 2.75) is 59.9 Å². The van der Waals surface area contributed by atoms with Gasteiger partial charge in [0.25, 0.3) is 0 Å². The molecule has 3 rings (SSSR count). The van der Waals surface area contributed by atoms with Gasteiger partial charge in [-0.1, -0.05) is 44.2 Å². The van der Waals surface area contributed by atoms with Crippen LogP contribution in [-0.2, 0) is 16.0 Å². The first-order valence-electron chi connectivity index (χ1n) is 12.7. The molecule has 3 N–H and O–H groups in total. The normalized spacial score (nSPS) is 16.5. The zero-order valence-corrected chi connectivity index (χ0v) is 23.3. The Labute approximate surface area is 226 Å². The van der Waals surface area contributed by atoms with Crippen LogP contribution in [0, 0.1) is 24.1 Å². The number of aryl methyl sites for hydroxylation is 1. The number of amides is 4. The summed E-state index contributed by atoms with van der Waals surface area (Å²) in [6, 6.07) is 4.84. The molecule has 2 unspecified atom stereocenters. The average Bonchev–Trinajstić information content (AvgIpc) is 3.22. The van der Waals surface area contributed by atoms with E-state index in [1.807, 2.05) is 0 Å². The predicted molar refractivity (Wildman–Crippen MR) is 145 cm³/mol. The number of halogens is 1. The molecule has 1 aliphatic heterocycles. The van der Waals surface area contributed by atoms with Crippen LogP contribution in [-0.4, -0.2) is 59.2 Å². The molecule has 38 heavy (non-hydrogen) atoms. The van der Waals surface area contributed by atoms with Crippen molar-refractivity contribution in [3.63, 3.8) is 0 Å². The third-order valence-electron chi connectivity index (χ3n) is 6.36. The number of carbonyl (C=O) groups excluding carboxylic acids is 4. The highest BCUT2D eigenvalue weighted by Gasteiger charge is 2.33. The number of thiazole rings is 1. The summed E-state index contributed by atoms with van der Waals surface area (Å²) in [5.74, 6) is -0.789. The fraction of sp³-hybridized carbons (Fsp3) is 0.519. The quantitative estimate of drug-likeness (QED) is 0.434. The molecule has 1 fully saturated rings. The van der Waals surface area contributed by atoms with Crippen LogP contribution in [0.3, 0.4) is 0 Å². The SMILES string of the molecule is CC(=O)c1sc(NC(=O)NCC(NC(=O)C(C)(C)C)C(=O)N2CCCC(Cc3ccc(F)cc3)C2)nc1C. The zero-order chi connectivity index (χ0) is 28.0. The van der Waals surface area contributed by atoms with Crippen LogP contribution < -0.4 is 16.0 Å². The van der Waals surface area contributed by atoms with Gasteiger partial charge in [0.1, 0.15) is 11.9 Å². The molecule has 2 heterocycles. The molecule has 1 aliphatic rings. The molecule has 1 aromatic carbocycles. The van der Waals surface area contributed by atoms with Crippen LogP contribution in [0.25, 0.3) is 0 Å². The van der Waals surface area contributed by atoms with Crippen molar-refractivity contribution in [1.82, 2.24) is 20.5 Å². The monoisotopic (exact) mass is 545 g/mol. The van der Waals surface area contributed by atoms with Gasteiger partial charge in [0.15, 0.2) is 10.9 Å². The lowest BCUT2D eigenvalue weighted by molar-refractivity contribution is -0.139. The maximum atomic E-state index is 13.5. The van der Waals surface area contributed by atoms with Gasteiger partial charge in [0.2, 0.25) is 11.8 Å². The first-order valence-corrected chi connectivity index (χ1v) is 13.5. The van der Waals surface area contributed by atoms with Gasteiger partial charge in [-0.15, -0.1) is 0 Å². The van der Waals surface area contributed by atoms with Crippen LogP contribution in [0.4, 0.5) is 14.3 Å². The van der Waals surface area contributed by atoms with Crippen LogP contribution in [0.15, 0.2) is 24.3 Å². The molecule has 1 aromatic heterocycles. The maximum Gasteiger partial charge on any atom is 0.321 e. The van der Waals surface area contributed by atoms with Crippen molar-refractivity contribution < 1.29 is 23.6 Å². The molecule has 9 nitrogen and oxygen atoms in total. The Morgan fingerprint density at radius 3 is 2.47 bits per heavy atom. The van der Waals surface area contributed by atoms with Crippen LogP contribution in [0.5, 0.6) is 0 Å². The van der Waals surface area contributed by atoms with Crippen molar-refractivity contribution in [1.29, 1.82) is 0 Å². The maximum absolute atomic E-state index is 13.5. The van der Waals surface area contributed by atoms with E-state index in [0.29, 0.717) is 23.7 Å². The van der Waals surface area contributed by atoms with Gasteiger partial charge >= 0.3 is 6.03 Å². The first kappa shape index (κ1) is 29.2. The zero-order valence-electron chi connectivity index (χ0n) is 22.5. The number of hydrogen-bond donors (Lipinski definition) is 3. The summed E-state index contributed by atoms with van der Waals surface area (Å²) in [7, 11) is 0. The number of ketones is 1. The van der Waals surface area contributed by atoms with Crippen molar-refractivity contribution in [2.75, 3.05) is 25.0 Å². The van der Waals surface area contributed by atoms with Crippen LogP contribution in [0.1, 0.15) is 61.5 Å². The second-order valence-electron chi connectivity index (χ2n) is 10.7. The van der Waals surface area contributed by atoms with E-state index in [1.54, 1.807) is 44.7 Å². The van der Waals surface area contributed by atoms with Gasteiger partial charge in [-0.25, -0.2) is 14.2 Å². The molecule has 1 saturated heterocycles. The topological polar surface area (TPSA) is 120 Å². The predicted octanol–water partition coefficient (Wildman–Crippen LogP) is 3.93. The van der Waals surface area contributed by atoms with Crippen LogP contribution in [0.2, 0.25) is 0 Å². The number of Topliss-reactive ketones (excluding diaryl/α,β-unsaturated/α-hetero) is 1. The third kappa shape index (κ3) is 8.08. The van der Waals surface area contributed by atoms with E-state index < -0.39 is 17.5 Å². The molecule has 2 atom stereocenters. The molecule has 2 aromatic rings. The molecule has 0 saturated carbocycles. The number of urea groups is 1. The minimum atomic E-state index is -0.956. The van der Waals surface area contributed by atoms with Gasteiger partial charge in [-0.2, -0.15) is 0 Å². The smallest absolute Gasteiger partial charge is 0.321 e. The highest BCUT2D eigenvalue weighted by atomic mass is 32.1. The molecule has 0 aliphatic carbocycles. The molecule has 0 spiro atoms. The number of hydrogen-bond acceptors (Lipinski definition) is 6. The number of aromatic nitrogens is 1. The van der Waals surface area contributed by atoms with Crippen molar-refractivity contribution in [3.8, 4) is 0 Å². The number of benzene rings is 1. The van der Waals surface area contributed by atoms with E-state index in [2.05, 4.69) is 20.9 Å². The summed E-state index contributed by atoms with van der Waals surface area (Å²) in [6.07, 6.45) is 2.48. The summed E-state index contributed by atoms with van der Waals surface area (Å²) in [5, 5.41) is 8.32. The second-order valence-corrected chi connectivity index (χ2v) is 11.7. The number of anilines is 1. The Hall–Kier alpha value is -3.34. The molecule has 11 heteroatoms. The standard InChI is InChI=1S/C27H36FN5O4S/c1-16-22(17(2)34)38-26(30-16)32-25(37)29-14-21(31-24(36)27(3,4)5)23(35)33-12-6-7-19(15-33)13-18-8-10-20(28)11-9-18/h8-11,19,21H,6-7,12-15H2,1-5H3,(H,31,36)(H2,29,30,32,37). The number of likely N-dealkylation sites (tertiary alicyclic amines) is 1. The summed E-state index contributed by atoms with van der Waals surface area (Å²) in [6.45, 7) is 9.33. The highest BCUT2D eigenvalue weighted by Crippen LogP contribution is 2.24. The highest BCUT2D eigenvalue weighted by molar-refractivity contribution is 7.17. The number of rotatable bonds is 8. The summed E-state index contributed by atoms with van der Waals surface area (Å²) in [5.41, 5.74) is 0.811. The Bertz CT molecular complexity index is 1180. The van der Waals surface area contributed by atoms with Crippen molar-refractivity contribution >= 4 is 40.1 Å². The first-order chi connectivity index (χ1) is 17.8. The number of piperidine rings is 1. The van der Waals surface area contributed by atoms with Gasteiger partial charge in [0.05, 0.1) is 10.6 Å². The minimum absolute atomic E-state index is 0.116. The van der Waals surface area contributed by atoms with Gasteiger partial charge in [0, 0.05) is 32.0 Å². The largest absolute Gasteiger partial charge is 0.342 e. The van der Waals surface area contributed by atoms with Gasteiger partial charge in [-0.05, 0) is 49.8 Å². The van der Waals surface area contributed by atoms with E-state index in [-0.39, 0.29) is 41.0 Å². The van der Waals surface area contributed by atoms with Gasteiger partial charge in [-0.3, -0.25) is 19.7 Å². The molecule has 0 radical (unpaired) electrons. The van der Waals surface area contributed by atoms with Crippen LogP contribution >= 0.6 is 11.3 Å². The molecule has 0 bridgehead atoms. The Kier molecular flexibility index (Phi) is 9.59. The minimum Gasteiger partial charge on any atom is -0.342 e. The number of nitrogens with one attached hydrogen (secondary N) is 3. The van der Waals surface area contributed by atoms with E-state index in [0.717, 1.165) is 36.2 Å². The number of carbonyl (C=O) groups is 4. The lowest BCUT2D eigenvalue weighted by atomic mass is 9.91. The Balaban J connectivity index is 1.66. The van der Waals surface area contributed by atoms with E-state index in [1.165, 1.54) is 19.1 Å². The molecular weight excluding hydrogens is 509 g/mol. The van der Waals surface area contributed by atoms with Gasteiger partial charge < -0.3 is 15.5 Å². The van der Waals surface area contributed by atoms with E-state index in [9.17, 15) is 23.6 Å². The average molecular weight is 546 g/mol. The lowest BCUT2D eigenvalue weighted by Gasteiger charge is -2.36. The van der Waals surface area contributed by atoms with Crippen molar-refractivity contribution in [3.05, 3.63) is 46.2 Å².